The predicted octanol–water partition coefficient (Wildman–Crippen LogP) is 3.95. The molecular formula is C22H24N6O2. The summed E-state index contributed by atoms with van der Waals surface area (Å²) in [6.45, 7) is 2.23. The molecule has 0 aliphatic carbocycles. The molecule has 0 saturated carbocycles. The van der Waals surface area contributed by atoms with E-state index in [1.807, 2.05) is 24.4 Å². The summed E-state index contributed by atoms with van der Waals surface area (Å²) in [6, 6.07) is 9.67. The van der Waals surface area contributed by atoms with Crippen LogP contribution in [0.4, 0.5) is 11.5 Å². The van der Waals surface area contributed by atoms with Crippen LogP contribution in [-0.2, 0) is 17.9 Å². The van der Waals surface area contributed by atoms with E-state index in [9.17, 15) is 0 Å². The van der Waals surface area contributed by atoms with Gasteiger partial charge in [0.2, 0.25) is 0 Å². The second-order valence-electron chi connectivity index (χ2n) is 7.28. The number of aromatic nitrogens is 3. The standard InChI is InChI=1S/C22H24N6O2/c1-29-15-19-8-7-18(30-19)14-28-9-3-2-4-21(28)20-12-26-22(13-25-20)27-17-6-5-16(10-23)24-11-17/h5-8,11-13,21H,2-4,9,14-15H2,1H3,(H,26,27). The van der Waals surface area contributed by atoms with Gasteiger partial charge < -0.3 is 14.5 Å². The Balaban J connectivity index is 1.43. The number of ether oxygens (including phenoxy) is 1. The van der Waals surface area contributed by atoms with Crippen LogP contribution >= 0.6 is 0 Å². The number of nitrogens with zero attached hydrogens (tertiary/aromatic N) is 5. The van der Waals surface area contributed by atoms with Crippen LogP contribution < -0.4 is 5.32 Å². The number of pyridine rings is 1. The van der Waals surface area contributed by atoms with E-state index in [0.29, 0.717) is 18.1 Å². The summed E-state index contributed by atoms with van der Waals surface area (Å²) in [6.07, 6.45) is 8.57. The molecule has 0 radical (unpaired) electrons. The molecule has 0 bridgehead atoms. The Hall–Kier alpha value is -3.28. The summed E-state index contributed by atoms with van der Waals surface area (Å²) in [5.74, 6) is 2.42. The maximum Gasteiger partial charge on any atom is 0.148 e. The fraction of sp³-hybridized carbons (Fsp3) is 0.364. The first-order valence-corrected chi connectivity index (χ1v) is 10.0. The quantitative estimate of drug-likeness (QED) is 0.632. The molecule has 8 heteroatoms. The number of hydrogen-bond acceptors (Lipinski definition) is 8. The molecular weight excluding hydrogens is 380 g/mol. The summed E-state index contributed by atoms with van der Waals surface area (Å²) in [5.41, 5.74) is 2.10. The van der Waals surface area contributed by atoms with Gasteiger partial charge in [0.1, 0.15) is 35.7 Å². The van der Waals surface area contributed by atoms with Crippen molar-refractivity contribution in [3.8, 4) is 6.07 Å². The highest BCUT2D eigenvalue weighted by Crippen LogP contribution is 2.31. The maximum atomic E-state index is 8.84. The number of methoxy groups -OCH3 is 1. The number of nitrogens with one attached hydrogen (secondary N) is 1. The van der Waals surface area contributed by atoms with Gasteiger partial charge in [-0.2, -0.15) is 5.26 Å². The molecule has 0 amide bonds. The summed E-state index contributed by atoms with van der Waals surface area (Å²) in [5, 5.41) is 12.0. The van der Waals surface area contributed by atoms with E-state index in [4.69, 9.17) is 14.4 Å². The lowest BCUT2D eigenvalue weighted by atomic mass is 9.99. The van der Waals surface area contributed by atoms with E-state index in [1.54, 1.807) is 31.6 Å². The first-order chi connectivity index (χ1) is 14.7. The van der Waals surface area contributed by atoms with E-state index in [0.717, 1.165) is 42.4 Å². The molecule has 1 fully saturated rings. The Labute approximate surface area is 175 Å². The lowest BCUT2D eigenvalue weighted by Gasteiger charge is -2.34. The smallest absolute Gasteiger partial charge is 0.148 e. The van der Waals surface area contributed by atoms with E-state index in [2.05, 4.69) is 25.2 Å². The van der Waals surface area contributed by atoms with E-state index >= 15 is 0 Å². The third kappa shape index (κ3) is 4.82. The number of likely N-dealkylation sites (tertiary alicyclic amines) is 1. The molecule has 8 nitrogen and oxygen atoms in total. The van der Waals surface area contributed by atoms with Crippen molar-refractivity contribution in [2.45, 2.75) is 38.5 Å². The predicted molar refractivity (Wildman–Crippen MR) is 111 cm³/mol. The van der Waals surface area contributed by atoms with Gasteiger partial charge >= 0.3 is 0 Å². The lowest BCUT2D eigenvalue weighted by molar-refractivity contribution is 0.121. The van der Waals surface area contributed by atoms with Crippen LogP contribution in [0, 0.1) is 11.3 Å². The summed E-state index contributed by atoms with van der Waals surface area (Å²) in [4.78, 5) is 15.7. The van der Waals surface area contributed by atoms with Crippen molar-refractivity contribution >= 4 is 11.5 Å². The van der Waals surface area contributed by atoms with E-state index in [1.165, 1.54) is 12.8 Å². The third-order valence-electron chi connectivity index (χ3n) is 5.14. The summed E-state index contributed by atoms with van der Waals surface area (Å²) < 4.78 is 11.0. The molecule has 1 aliphatic heterocycles. The Kier molecular flexibility index (Phi) is 6.32. The van der Waals surface area contributed by atoms with Crippen molar-refractivity contribution in [1.29, 1.82) is 5.26 Å². The first kappa shape index (κ1) is 20.0. The van der Waals surface area contributed by atoms with Gasteiger partial charge in [-0.15, -0.1) is 0 Å². The molecule has 3 aromatic heterocycles. The topological polar surface area (TPSA) is 100 Å². The maximum absolute atomic E-state index is 8.84. The molecule has 154 valence electrons. The number of nitriles is 1. The number of piperidine rings is 1. The van der Waals surface area contributed by atoms with Crippen LogP contribution in [0.5, 0.6) is 0 Å². The molecule has 4 rings (SSSR count). The lowest BCUT2D eigenvalue weighted by Crippen LogP contribution is -2.33. The van der Waals surface area contributed by atoms with Gasteiger partial charge in [-0.3, -0.25) is 9.88 Å². The fourth-order valence-corrected chi connectivity index (χ4v) is 3.70. The Morgan fingerprint density at radius 2 is 2.03 bits per heavy atom. The zero-order valence-electron chi connectivity index (χ0n) is 16.9. The monoisotopic (exact) mass is 404 g/mol. The highest BCUT2D eigenvalue weighted by Gasteiger charge is 2.26. The minimum absolute atomic E-state index is 0.216. The summed E-state index contributed by atoms with van der Waals surface area (Å²) >= 11 is 0. The van der Waals surface area contributed by atoms with E-state index < -0.39 is 0 Å². The van der Waals surface area contributed by atoms with Crippen molar-refractivity contribution in [1.82, 2.24) is 19.9 Å². The fourth-order valence-electron chi connectivity index (χ4n) is 3.70. The molecule has 1 unspecified atom stereocenters. The highest BCUT2D eigenvalue weighted by atomic mass is 16.5. The van der Waals surface area contributed by atoms with Crippen molar-refractivity contribution in [2.75, 3.05) is 19.0 Å². The molecule has 3 aromatic rings. The summed E-state index contributed by atoms with van der Waals surface area (Å²) in [7, 11) is 1.66. The van der Waals surface area contributed by atoms with Gasteiger partial charge in [-0.05, 0) is 43.7 Å². The average Bonchev–Trinajstić information content (AvgIpc) is 3.22. The highest BCUT2D eigenvalue weighted by molar-refractivity contribution is 5.54. The zero-order chi connectivity index (χ0) is 20.8. The van der Waals surface area contributed by atoms with Gasteiger partial charge in [0, 0.05) is 7.11 Å². The first-order valence-electron chi connectivity index (χ1n) is 10.0. The number of rotatable bonds is 7. The molecule has 0 spiro atoms. The number of hydrogen-bond donors (Lipinski definition) is 1. The Bertz CT molecular complexity index is 994. The largest absolute Gasteiger partial charge is 0.462 e. The number of anilines is 2. The molecule has 1 saturated heterocycles. The number of furan rings is 1. The Morgan fingerprint density at radius 3 is 2.77 bits per heavy atom. The van der Waals surface area contributed by atoms with Crippen LogP contribution in [0.3, 0.4) is 0 Å². The van der Waals surface area contributed by atoms with Crippen LogP contribution in [0.1, 0.15) is 48.2 Å². The Morgan fingerprint density at radius 1 is 1.13 bits per heavy atom. The van der Waals surface area contributed by atoms with E-state index in [-0.39, 0.29) is 6.04 Å². The SMILES string of the molecule is COCc1ccc(CN2CCCCC2c2cnc(Nc3ccc(C#N)nc3)cn2)o1. The van der Waals surface area contributed by atoms with Crippen molar-refractivity contribution in [3.63, 3.8) is 0 Å². The normalized spacial score (nSPS) is 16.9. The van der Waals surface area contributed by atoms with Gasteiger partial charge in [0.25, 0.3) is 0 Å². The van der Waals surface area contributed by atoms with Crippen LogP contribution in [0.2, 0.25) is 0 Å². The molecule has 1 N–H and O–H groups in total. The van der Waals surface area contributed by atoms with Crippen molar-refractivity contribution in [3.05, 3.63) is 65.8 Å². The van der Waals surface area contributed by atoms with Gasteiger partial charge in [-0.25, -0.2) is 9.97 Å². The minimum Gasteiger partial charge on any atom is -0.462 e. The van der Waals surface area contributed by atoms with Crippen LogP contribution in [0.25, 0.3) is 0 Å². The molecule has 4 heterocycles. The van der Waals surface area contributed by atoms with Gasteiger partial charge in [-0.1, -0.05) is 6.42 Å². The van der Waals surface area contributed by atoms with Crippen LogP contribution in [-0.4, -0.2) is 33.5 Å². The molecule has 30 heavy (non-hydrogen) atoms. The second-order valence-corrected chi connectivity index (χ2v) is 7.28. The molecule has 1 aliphatic rings. The van der Waals surface area contributed by atoms with Gasteiger partial charge in [0.15, 0.2) is 0 Å². The second kappa shape index (κ2) is 9.48. The minimum atomic E-state index is 0.216. The van der Waals surface area contributed by atoms with Crippen molar-refractivity contribution < 1.29 is 9.15 Å². The van der Waals surface area contributed by atoms with Gasteiger partial charge in [0.05, 0.1) is 42.6 Å². The van der Waals surface area contributed by atoms with Crippen molar-refractivity contribution in [2.24, 2.45) is 0 Å². The average molecular weight is 404 g/mol. The van der Waals surface area contributed by atoms with Crippen LogP contribution in [0.15, 0.2) is 47.3 Å². The molecule has 0 aromatic carbocycles. The molecule has 1 atom stereocenters. The third-order valence-corrected chi connectivity index (χ3v) is 5.14. The zero-order valence-corrected chi connectivity index (χ0v) is 16.9.